The summed E-state index contributed by atoms with van der Waals surface area (Å²) in [5.74, 6) is 3.36. The van der Waals surface area contributed by atoms with Crippen LogP contribution in [-0.4, -0.2) is 47.6 Å². The first-order valence-corrected chi connectivity index (χ1v) is 8.37. The Hall–Kier alpha value is -2.51. The molecule has 1 aliphatic rings. The molecule has 3 aromatic heterocycles. The molecule has 0 bridgehead atoms. The van der Waals surface area contributed by atoms with E-state index < -0.39 is 0 Å². The van der Waals surface area contributed by atoms with Crippen molar-refractivity contribution >= 4 is 16.9 Å². The van der Waals surface area contributed by atoms with Gasteiger partial charge in [0.25, 0.3) is 0 Å². The van der Waals surface area contributed by atoms with Crippen LogP contribution in [0.5, 0.6) is 0 Å². The molecule has 0 N–H and O–H groups in total. The van der Waals surface area contributed by atoms with Crippen molar-refractivity contribution in [3.63, 3.8) is 0 Å². The predicted molar refractivity (Wildman–Crippen MR) is 90.7 cm³/mol. The number of fused-ring (bicyclic) bond motifs is 1. The van der Waals surface area contributed by atoms with Gasteiger partial charge in [-0.05, 0) is 32.6 Å². The van der Waals surface area contributed by atoms with Crippen LogP contribution < -0.4 is 4.90 Å². The fourth-order valence-electron chi connectivity index (χ4n) is 3.59. The lowest BCUT2D eigenvalue weighted by Gasteiger charge is -2.33. The van der Waals surface area contributed by atoms with Crippen LogP contribution in [0.2, 0.25) is 0 Å². The SMILES string of the molecule is Cc1nc(C)n(C[C@H]2CCCN(c3ncnc4c3cnn4C)C2)n1. The third-order valence-electron chi connectivity index (χ3n) is 4.72. The molecule has 8 heteroatoms. The van der Waals surface area contributed by atoms with Crippen molar-refractivity contribution in [3.05, 3.63) is 24.2 Å². The molecule has 0 amide bonds. The van der Waals surface area contributed by atoms with Gasteiger partial charge in [0.2, 0.25) is 0 Å². The first kappa shape index (κ1) is 15.0. The molecule has 0 spiro atoms. The number of rotatable bonds is 3. The van der Waals surface area contributed by atoms with Gasteiger partial charge < -0.3 is 4.90 Å². The molecular weight excluding hydrogens is 304 g/mol. The van der Waals surface area contributed by atoms with Crippen LogP contribution in [-0.2, 0) is 13.6 Å². The quantitative estimate of drug-likeness (QED) is 0.726. The zero-order valence-corrected chi connectivity index (χ0v) is 14.3. The van der Waals surface area contributed by atoms with E-state index in [1.54, 1.807) is 11.0 Å². The van der Waals surface area contributed by atoms with Crippen molar-refractivity contribution in [3.8, 4) is 0 Å². The molecular formula is C16H22N8. The highest BCUT2D eigenvalue weighted by atomic mass is 15.3. The summed E-state index contributed by atoms with van der Waals surface area (Å²) in [6, 6.07) is 0. The zero-order chi connectivity index (χ0) is 16.7. The summed E-state index contributed by atoms with van der Waals surface area (Å²) in [5, 5.41) is 9.84. The summed E-state index contributed by atoms with van der Waals surface area (Å²) in [6.07, 6.45) is 5.85. The number of aryl methyl sites for hydroxylation is 3. The van der Waals surface area contributed by atoms with E-state index in [9.17, 15) is 0 Å². The van der Waals surface area contributed by atoms with Crippen molar-refractivity contribution in [1.29, 1.82) is 0 Å². The van der Waals surface area contributed by atoms with Crippen molar-refractivity contribution in [1.82, 2.24) is 34.5 Å². The van der Waals surface area contributed by atoms with Gasteiger partial charge in [0, 0.05) is 26.7 Å². The van der Waals surface area contributed by atoms with E-state index in [2.05, 4.69) is 30.0 Å². The van der Waals surface area contributed by atoms with E-state index in [4.69, 9.17) is 0 Å². The minimum atomic E-state index is 0.542. The lowest BCUT2D eigenvalue weighted by atomic mass is 9.98. The Bertz CT molecular complexity index is 864. The van der Waals surface area contributed by atoms with Crippen LogP contribution in [0.25, 0.3) is 11.0 Å². The van der Waals surface area contributed by atoms with E-state index in [0.717, 1.165) is 54.6 Å². The second kappa shape index (κ2) is 5.85. The summed E-state index contributed by atoms with van der Waals surface area (Å²) >= 11 is 0. The van der Waals surface area contributed by atoms with Crippen molar-refractivity contribution < 1.29 is 0 Å². The molecule has 24 heavy (non-hydrogen) atoms. The minimum Gasteiger partial charge on any atom is -0.356 e. The number of hydrogen-bond donors (Lipinski definition) is 0. The molecule has 126 valence electrons. The summed E-state index contributed by atoms with van der Waals surface area (Å²) < 4.78 is 3.83. The van der Waals surface area contributed by atoms with Crippen LogP contribution in [0.3, 0.4) is 0 Å². The number of piperidine rings is 1. The largest absolute Gasteiger partial charge is 0.356 e. The van der Waals surface area contributed by atoms with E-state index in [-0.39, 0.29) is 0 Å². The predicted octanol–water partition coefficient (Wildman–Crippen LogP) is 1.49. The summed E-state index contributed by atoms with van der Waals surface area (Å²) in [5.41, 5.74) is 0.880. The van der Waals surface area contributed by atoms with Crippen molar-refractivity contribution in [2.75, 3.05) is 18.0 Å². The molecule has 0 radical (unpaired) electrons. The molecule has 1 atom stereocenters. The molecule has 1 saturated heterocycles. The molecule has 1 aliphatic heterocycles. The first-order chi connectivity index (χ1) is 11.6. The van der Waals surface area contributed by atoms with E-state index in [1.165, 1.54) is 6.42 Å². The molecule has 1 fully saturated rings. The van der Waals surface area contributed by atoms with Crippen LogP contribution >= 0.6 is 0 Å². The third-order valence-corrected chi connectivity index (χ3v) is 4.72. The Morgan fingerprint density at radius 3 is 2.92 bits per heavy atom. The van der Waals surface area contributed by atoms with Gasteiger partial charge in [-0.1, -0.05) is 0 Å². The molecule has 0 saturated carbocycles. The molecule has 4 rings (SSSR count). The minimum absolute atomic E-state index is 0.542. The first-order valence-electron chi connectivity index (χ1n) is 8.37. The molecule has 8 nitrogen and oxygen atoms in total. The van der Waals surface area contributed by atoms with Crippen LogP contribution in [0, 0.1) is 19.8 Å². The summed E-state index contributed by atoms with van der Waals surface area (Å²) in [4.78, 5) is 15.6. The normalized spacial score (nSPS) is 18.5. The zero-order valence-electron chi connectivity index (χ0n) is 14.3. The van der Waals surface area contributed by atoms with Gasteiger partial charge in [-0.3, -0.25) is 4.68 Å². The second-order valence-corrected chi connectivity index (χ2v) is 6.55. The number of aromatic nitrogens is 7. The Labute approximate surface area is 140 Å². The standard InChI is InChI=1S/C16H22N8/c1-11-20-12(2)24(21-11)9-13-5-4-6-23(8-13)16-14-7-19-22(3)15(14)17-10-18-16/h7,10,13H,4-6,8-9H2,1-3H3/t13-/m0/s1. The molecule has 3 aromatic rings. The van der Waals surface area contributed by atoms with Crippen LogP contribution in [0.15, 0.2) is 12.5 Å². The third kappa shape index (κ3) is 2.61. The van der Waals surface area contributed by atoms with E-state index in [0.29, 0.717) is 5.92 Å². The van der Waals surface area contributed by atoms with Crippen molar-refractivity contribution in [2.24, 2.45) is 13.0 Å². The Balaban J connectivity index is 1.57. The van der Waals surface area contributed by atoms with Gasteiger partial charge in [0.05, 0.1) is 11.6 Å². The lowest BCUT2D eigenvalue weighted by molar-refractivity contribution is 0.347. The van der Waals surface area contributed by atoms with Gasteiger partial charge in [-0.25, -0.2) is 19.6 Å². The monoisotopic (exact) mass is 326 g/mol. The lowest BCUT2D eigenvalue weighted by Crippen LogP contribution is -2.38. The number of hydrogen-bond acceptors (Lipinski definition) is 6. The van der Waals surface area contributed by atoms with Gasteiger partial charge >= 0.3 is 0 Å². The topological polar surface area (TPSA) is 77.5 Å². The van der Waals surface area contributed by atoms with E-state index >= 15 is 0 Å². The maximum atomic E-state index is 4.53. The highest BCUT2D eigenvalue weighted by molar-refractivity contribution is 5.86. The Morgan fingerprint density at radius 2 is 2.12 bits per heavy atom. The summed E-state index contributed by atoms with van der Waals surface area (Å²) in [6.45, 7) is 6.86. The maximum Gasteiger partial charge on any atom is 0.163 e. The number of anilines is 1. The Kier molecular flexibility index (Phi) is 3.66. The second-order valence-electron chi connectivity index (χ2n) is 6.55. The van der Waals surface area contributed by atoms with Gasteiger partial charge in [0.15, 0.2) is 5.65 Å². The smallest absolute Gasteiger partial charge is 0.163 e. The van der Waals surface area contributed by atoms with Crippen molar-refractivity contribution in [2.45, 2.75) is 33.2 Å². The Morgan fingerprint density at radius 1 is 1.25 bits per heavy atom. The van der Waals surface area contributed by atoms with Gasteiger partial charge in [-0.2, -0.15) is 10.2 Å². The van der Waals surface area contributed by atoms with Crippen LogP contribution in [0.1, 0.15) is 24.5 Å². The molecule has 4 heterocycles. The highest BCUT2D eigenvalue weighted by Crippen LogP contribution is 2.27. The highest BCUT2D eigenvalue weighted by Gasteiger charge is 2.24. The molecule has 0 aromatic carbocycles. The maximum absolute atomic E-state index is 4.53. The average molecular weight is 326 g/mol. The fraction of sp³-hybridized carbons (Fsp3) is 0.562. The molecule has 0 unspecified atom stereocenters. The van der Waals surface area contributed by atoms with Crippen LogP contribution in [0.4, 0.5) is 5.82 Å². The van der Waals surface area contributed by atoms with Gasteiger partial charge in [-0.15, -0.1) is 0 Å². The average Bonchev–Trinajstić information content (AvgIpc) is 3.10. The fourth-order valence-corrected chi connectivity index (χ4v) is 3.59. The van der Waals surface area contributed by atoms with Gasteiger partial charge in [0.1, 0.15) is 23.8 Å². The summed E-state index contributed by atoms with van der Waals surface area (Å²) in [7, 11) is 1.91. The van der Waals surface area contributed by atoms with E-state index in [1.807, 2.05) is 31.8 Å². The molecule has 0 aliphatic carbocycles. The number of nitrogens with zero attached hydrogens (tertiary/aromatic N) is 8.